The Hall–Kier alpha value is -0.610. The molecule has 0 aliphatic heterocycles. The molecule has 76 valence electrons. The van der Waals surface area contributed by atoms with E-state index < -0.39 is 6.04 Å². The van der Waals surface area contributed by atoms with Crippen LogP contribution in [0.15, 0.2) is 0 Å². The van der Waals surface area contributed by atoms with E-state index in [0.29, 0.717) is 0 Å². The number of aliphatic hydroxyl groups excluding tert-OH is 1. The minimum absolute atomic E-state index is 0.227. The first-order chi connectivity index (χ1) is 6.24. The summed E-state index contributed by atoms with van der Waals surface area (Å²) in [6.45, 7) is -0.279. The number of nitrogens with one attached hydrogen (secondary N) is 1. The van der Waals surface area contributed by atoms with Crippen LogP contribution in [0.3, 0.4) is 0 Å². The van der Waals surface area contributed by atoms with Gasteiger partial charge in [0, 0.05) is 6.04 Å². The molecule has 1 saturated carbocycles. The Balaban J connectivity index is 2.26. The lowest BCUT2D eigenvalue weighted by molar-refractivity contribution is -0.124. The van der Waals surface area contributed by atoms with Gasteiger partial charge in [-0.05, 0) is 12.8 Å². The van der Waals surface area contributed by atoms with Crippen molar-refractivity contribution in [3.05, 3.63) is 0 Å². The molecule has 4 nitrogen and oxygen atoms in total. The lowest BCUT2D eigenvalue weighted by Crippen LogP contribution is -2.47. The molecule has 1 aliphatic carbocycles. The number of rotatable bonds is 3. The molecule has 0 aromatic carbocycles. The molecule has 4 heteroatoms. The Morgan fingerprint density at radius 2 is 2.08 bits per heavy atom. The summed E-state index contributed by atoms with van der Waals surface area (Å²) in [4.78, 5) is 11.2. The number of carbonyl (C=O) groups is 1. The second-order valence-electron chi connectivity index (χ2n) is 3.63. The zero-order valence-electron chi connectivity index (χ0n) is 7.83. The molecule has 4 N–H and O–H groups in total. The number of aliphatic hydroxyl groups is 1. The molecule has 1 amide bonds. The molecule has 0 bridgehead atoms. The van der Waals surface area contributed by atoms with Crippen LogP contribution in [0.1, 0.15) is 32.1 Å². The summed E-state index contributed by atoms with van der Waals surface area (Å²) in [5.41, 5.74) is 5.37. The first-order valence-corrected chi connectivity index (χ1v) is 4.91. The second kappa shape index (κ2) is 5.19. The van der Waals surface area contributed by atoms with Crippen molar-refractivity contribution in [2.45, 2.75) is 44.2 Å². The van der Waals surface area contributed by atoms with Crippen molar-refractivity contribution < 1.29 is 9.90 Å². The van der Waals surface area contributed by atoms with Crippen LogP contribution in [-0.2, 0) is 4.79 Å². The van der Waals surface area contributed by atoms with Crippen LogP contribution < -0.4 is 11.1 Å². The van der Waals surface area contributed by atoms with Crippen molar-refractivity contribution in [3.63, 3.8) is 0 Å². The van der Waals surface area contributed by atoms with Gasteiger partial charge in [0.2, 0.25) is 5.91 Å². The van der Waals surface area contributed by atoms with Crippen molar-refractivity contribution in [2.75, 3.05) is 6.61 Å². The van der Waals surface area contributed by atoms with Crippen molar-refractivity contribution >= 4 is 5.91 Å². The van der Waals surface area contributed by atoms with E-state index in [1.54, 1.807) is 0 Å². The van der Waals surface area contributed by atoms with E-state index in [1.807, 2.05) is 0 Å². The van der Waals surface area contributed by atoms with Crippen molar-refractivity contribution in [2.24, 2.45) is 5.73 Å². The Morgan fingerprint density at radius 1 is 1.46 bits per heavy atom. The Bertz CT molecular complexity index is 167. The van der Waals surface area contributed by atoms with Gasteiger partial charge in [0.05, 0.1) is 6.61 Å². The fourth-order valence-electron chi connectivity index (χ4n) is 1.64. The SMILES string of the molecule is N[C@@H](CO)C(=O)NC1CCCCC1. The predicted molar refractivity (Wildman–Crippen MR) is 50.1 cm³/mol. The minimum atomic E-state index is -0.762. The van der Waals surface area contributed by atoms with E-state index >= 15 is 0 Å². The third-order valence-electron chi connectivity index (χ3n) is 2.49. The van der Waals surface area contributed by atoms with Crippen LogP contribution >= 0.6 is 0 Å². The van der Waals surface area contributed by atoms with Crippen LogP contribution in [0.2, 0.25) is 0 Å². The van der Waals surface area contributed by atoms with E-state index in [2.05, 4.69) is 5.32 Å². The standard InChI is InChI=1S/C9H18N2O2/c10-8(6-12)9(13)11-7-4-2-1-3-5-7/h7-8,12H,1-6,10H2,(H,11,13)/t8-/m0/s1. The molecule has 13 heavy (non-hydrogen) atoms. The predicted octanol–water partition coefficient (Wildman–Crippen LogP) is -0.245. The zero-order chi connectivity index (χ0) is 9.68. The Morgan fingerprint density at radius 3 is 2.62 bits per heavy atom. The molecule has 1 aliphatic rings. The van der Waals surface area contributed by atoms with Gasteiger partial charge in [-0.25, -0.2) is 0 Å². The van der Waals surface area contributed by atoms with Gasteiger partial charge in [0.15, 0.2) is 0 Å². The largest absolute Gasteiger partial charge is 0.394 e. The number of amides is 1. The van der Waals surface area contributed by atoms with Gasteiger partial charge in [0.25, 0.3) is 0 Å². The highest BCUT2D eigenvalue weighted by Crippen LogP contribution is 2.17. The van der Waals surface area contributed by atoms with Gasteiger partial charge in [-0.3, -0.25) is 4.79 Å². The first-order valence-electron chi connectivity index (χ1n) is 4.91. The summed E-state index contributed by atoms with van der Waals surface area (Å²) in [5, 5.41) is 11.5. The highest BCUT2D eigenvalue weighted by molar-refractivity contribution is 5.81. The average molecular weight is 186 g/mol. The topological polar surface area (TPSA) is 75.3 Å². The summed E-state index contributed by atoms with van der Waals surface area (Å²) in [6, 6.07) is -0.485. The zero-order valence-corrected chi connectivity index (χ0v) is 7.83. The first kappa shape index (κ1) is 10.5. The molecule has 0 aromatic rings. The second-order valence-corrected chi connectivity index (χ2v) is 3.63. The maximum atomic E-state index is 11.2. The molecule has 1 atom stereocenters. The molecule has 0 radical (unpaired) electrons. The summed E-state index contributed by atoms with van der Waals surface area (Å²) in [5.74, 6) is -0.227. The molecule has 0 unspecified atom stereocenters. The maximum absolute atomic E-state index is 11.2. The van der Waals surface area contributed by atoms with E-state index in [1.165, 1.54) is 19.3 Å². The fourth-order valence-corrected chi connectivity index (χ4v) is 1.64. The van der Waals surface area contributed by atoms with Gasteiger partial charge in [0.1, 0.15) is 6.04 Å². The van der Waals surface area contributed by atoms with E-state index in [0.717, 1.165) is 12.8 Å². The number of hydrogen-bond donors (Lipinski definition) is 3. The van der Waals surface area contributed by atoms with Crippen LogP contribution in [0.4, 0.5) is 0 Å². The van der Waals surface area contributed by atoms with Crippen LogP contribution in [0.5, 0.6) is 0 Å². The number of hydrogen-bond acceptors (Lipinski definition) is 3. The molecule has 0 saturated heterocycles. The summed E-state index contributed by atoms with van der Waals surface area (Å²) >= 11 is 0. The Labute approximate surface area is 78.5 Å². The monoisotopic (exact) mass is 186 g/mol. The molecule has 1 rings (SSSR count). The van der Waals surface area contributed by atoms with Crippen LogP contribution in [-0.4, -0.2) is 29.7 Å². The minimum Gasteiger partial charge on any atom is -0.394 e. The van der Waals surface area contributed by atoms with Gasteiger partial charge >= 0.3 is 0 Å². The lowest BCUT2D eigenvalue weighted by atomic mass is 9.95. The van der Waals surface area contributed by atoms with E-state index in [9.17, 15) is 4.79 Å². The van der Waals surface area contributed by atoms with Gasteiger partial charge in [-0.2, -0.15) is 0 Å². The molecule has 0 heterocycles. The molecule has 1 fully saturated rings. The molecular weight excluding hydrogens is 168 g/mol. The van der Waals surface area contributed by atoms with Crippen LogP contribution in [0, 0.1) is 0 Å². The van der Waals surface area contributed by atoms with E-state index in [4.69, 9.17) is 10.8 Å². The smallest absolute Gasteiger partial charge is 0.239 e. The van der Waals surface area contributed by atoms with Crippen molar-refractivity contribution in [1.29, 1.82) is 0 Å². The molecule has 0 spiro atoms. The number of carbonyl (C=O) groups excluding carboxylic acids is 1. The maximum Gasteiger partial charge on any atom is 0.239 e. The Kier molecular flexibility index (Phi) is 4.18. The fraction of sp³-hybridized carbons (Fsp3) is 0.889. The van der Waals surface area contributed by atoms with Crippen LogP contribution in [0.25, 0.3) is 0 Å². The highest BCUT2D eigenvalue weighted by atomic mass is 16.3. The van der Waals surface area contributed by atoms with Gasteiger partial charge < -0.3 is 16.2 Å². The third-order valence-corrected chi connectivity index (χ3v) is 2.49. The van der Waals surface area contributed by atoms with Gasteiger partial charge in [-0.1, -0.05) is 19.3 Å². The average Bonchev–Trinajstić information content (AvgIpc) is 2.18. The lowest BCUT2D eigenvalue weighted by Gasteiger charge is -2.23. The number of nitrogens with two attached hydrogens (primary N) is 1. The van der Waals surface area contributed by atoms with Gasteiger partial charge in [-0.15, -0.1) is 0 Å². The quantitative estimate of drug-likeness (QED) is 0.569. The highest BCUT2D eigenvalue weighted by Gasteiger charge is 2.18. The summed E-state index contributed by atoms with van der Waals surface area (Å²) < 4.78 is 0. The summed E-state index contributed by atoms with van der Waals surface area (Å²) in [6.07, 6.45) is 5.71. The summed E-state index contributed by atoms with van der Waals surface area (Å²) in [7, 11) is 0. The van der Waals surface area contributed by atoms with Crippen molar-refractivity contribution in [1.82, 2.24) is 5.32 Å². The normalized spacial score (nSPS) is 21.1. The molecule has 0 aromatic heterocycles. The van der Waals surface area contributed by atoms with E-state index in [-0.39, 0.29) is 18.6 Å². The third kappa shape index (κ3) is 3.32. The molecular formula is C9H18N2O2. The van der Waals surface area contributed by atoms with Crippen molar-refractivity contribution in [3.8, 4) is 0 Å².